The molecule has 0 fully saturated rings. The fourth-order valence-electron chi connectivity index (χ4n) is 2.46. The topological polar surface area (TPSA) is 29.5 Å². The first-order chi connectivity index (χ1) is 10.6. The number of hydroxylamine groups is 2. The number of hydrogen-bond acceptors (Lipinski definition) is 2. The molecule has 3 heteroatoms. The molecule has 0 spiro atoms. The standard InChI is InChI=1S/C19H19NO2/c1-14-8-10-17(11-9-14)18-12-15(2)19(21)20(18)22-13-16-6-4-3-5-7-16/h3-12,15H,13H2,1-2H3. The molecule has 1 unspecified atom stereocenters. The smallest absolute Gasteiger partial charge is 0.257 e. The van der Waals surface area contributed by atoms with Crippen LogP contribution in [0.5, 0.6) is 0 Å². The van der Waals surface area contributed by atoms with Crippen LogP contribution in [0.3, 0.4) is 0 Å². The van der Waals surface area contributed by atoms with Gasteiger partial charge in [0.25, 0.3) is 5.91 Å². The van der Waals surface area contributed by atoms with E-state index in [0.717, 1.165) is 16.8 Å². The minimum atomic E-state index is -0.160. The molecule has 1 atom stereocenters. The molecule has 1 heterocycles. The Labute approximate surface area is 130 Å². The van der Waals surface area contributed by atoms with E-state index in [0.29, 0.717) is 6.61 Å². The lowest BCUT2D eigenvalue weighted by molar-refractivity contribution is -0.169. The van der Waals surface area contributed by atoms with Gasteiger partial charge < -0.3 is 0 Å². The molecule has 0 aliphatic carbocycles. The molecule has 22 heavy (non-hydrogen) atoms. The SMILES string of the molecule is Cc1ccc(C2=CC(C)C(=O)N2OCc2ccccc2)cc1. The fourth-order valence-corrected chi connectivity index (χ4v) is 2.46. The summed E-state index contributed by atoms with van der Waals surface area (Å²) in [6, 6.07) is 18.0. The van der Waals surface area contributed by atoms with Crippen LogP contribution in [0.4, 0.5) is 0 Å². The Hall–Kier alpha value is -2.39. The van der Waals surface area contributed by atoms with E-state index in [-0.39, 0.29) is 11.8 Å². The van der Waals surface area contributed by atoms with Crippen molar-refractivity contribution in [1.82, 2.24) is 5.06 Å². The minimum Gasteiger partial charge on any atom is -0.271 e. The predicted octanol–water partition coefficient (Wildman–Crippen LogP) is 3.95. The molecule has 112 valence electrons. The third-order valence-corrected chi connectivity index (χ3v) is 3.77. The molecule has 0 bridgehead atoms. The molecule has 3 nitrogen and oxygen atoms in total. The Morgan fingerprint density at radius 1 is 1.05 bits per heavy atom. The van der Waals surface area contributed by atoms with E-state index in [1.165, 1.54) is 10.6 Å². The van der Waals surface area contributed by atoms with E-state index in [4.69, 9.17) is 4.84 Å². The lowest BCUT2D eigenvalue weighted by Gasteiger charge is -2.20. The maximum atomic E-state index is 12.3. The Balaban J connectivity index is 1.80. The normalized spacial score (nSPS) is 17.7. The summed E-state index contributed by atoms with van der Waals surface area (Å²) in [5.74, 6) is -0.182. The van der Waals surface area contributed by atoms with Crippen molar-refractivity contribution < 1.29 is 9.63 Å². The first-order valence-electron chi connectivity index (χ1n) is 7.45. The van der Waals surface area contributed by atoms with Gasteiger partial charge in [0.05, 0.1) is 11.6 Å². The number of amides is 1. The Bertz CT molecular complexity index is 689. The lowest BCUT2D eigenvalue weighted by Crippen LogP contribution is -2.27. The molecule has 2 aromatic rings. The van der Waals surface area contributed by atoms with Gasteiger partial charge >= 0.3 is 0 Å². The molecule has 1 aliphatic rings. The second-order valence-corrected chi connectivity index (χ2v) is 5.60. The number of rotatable bonds is 4. The molecule has 0 N–H and O–H groups in total. The van der Waals surface area contributed by atoms with Crippen molar-refractivity contribution in [3.8, 4) is 0 Å². The average Bonchev–Trinajstić information content (AvgIpc) is 2.82. The first kappa shape index (κ1) is 14.5. The Morgan fingerprint density at radius 2 is 1.73 bits per heavy atom. The van der Waals surface area contributed by atoms with Crippen molar-refractivity contribution in [3.63, 3.8) is 0 Å². The number of carbonyl (C=O) groups is 1. The van der Waals surface area contributed by atoms with E-state index in [1.807, 2.05) is 74.5 Å². The van der Waals surface area contributed by atoms with Crippen molar-refractivity contribution in [2.45, 2.75) is 20.5 Å². The van der Waals surface area contributed by atoms with Crippen molar-refractivity contribution >= 4 is 11.6 Å². The van der Waals surface area contributed by atoms with Gasteiger partial charge in [0.15, 0.2) is 0 Å². The van der Waals surface area contributed by atoms with E-state index < -0.39 is 0 Å². The number of aryl methyl sites for hydroxylation is 1. The monoisotopic (exact) mass is 293 g/mol. The van der Waals surface area contributed by atoms with Gasteiger partial charge in [0.2, 0.25) is 0 Å². The van der Waals surface area contributed by atoms with Crippen LogP contribution in [-0.2, 0) is 16.2 Å². The van der Waals surface area contributed by atoms with Crippen LogP contribution in [0.15, 0.2) is 60.7 Å². The zero-order chi connectivity index (χ0) is 15.5. The van der Waals surface area contributed by atoms with Crippen LogP contribution in [0.2, 0.25) is 0 Å². The number of hydrogen-bond donors (Lipinski definition) is 0. The van der Waals surface area contributed by atoms with Crippen molar-refractivity contribution in [3.05, 3.63) is 77.4 Å². The Morgan fingerprint density at radius 3 is 2.41 bits per heavy atom. The summed E-state index contributed by atoms with van der Waals surface area (Å²) in [5.41, 5.74) is 4.06. The van der Waals surface area contributed by atoms with Crippen LogP contribution in [0.25, 0.3) is 5.70 Å². The highest BCUT2D eigenvalue weighted by Gasteiger charge is 2.31. The predicted molar refractivity (Wildman–Crippen MR) is 86.4 cm³/mol. The average molecular weight is 293 g/mol. The molecular formula is C19H19NO2. The second-order valence-electron chi connectivity index (χ2n) is 5.60. The molecule has 2 aromatic carbocycles. The Kier molecular flexibility index (Phi) is 4.07. The number of nitrogens with zero attached hydrogens (tertiary/aromatic N) is 1. The van der Waals surface area contributed by atoms with Crippen molar-refractivity contribution in [2.75, 3.05) is 0 Å². The lowest BCUT2D eigenvalue weighted by atomic mass is 10.1. The zero-order valence-corrected chi connectivity index (χ0v) is 12.8. The molecular weight excluding hydrogens is 274 g/mol. The van der Waals surface area contributed by atoms with Gasteiger partial charge in [0, 0.05) is 5.56 Å². The van der Waals surface area contributed by atoms with E-state index in [2.05, 4.69) is 0 Å². The molecule has 1 amide bonds. The minimum absolute atomic E-state index is 0.0218. The third kappa shape index (κ3) is 2.95. The van der Waals surface area contributed by atoms with Gasteiger partial charge in [-0.15, -0.1) is 0 Å². The molecule has 1 aliphatic heterocycles. The van der Waals surface area contributed by atoms with Gasteiger partial charge in [-0.05, 0) is 25.5 Å². The molecule has 0 radical (unpaired) electrons. The van der Waals surface area contributed by atoms with Crippen LogP contribution in [0.1, 0.15) is 23.6 Å². The summed E-state index contributed by atoms with van der Waals surface area (Å²) in [6.45, 7) is 4.31. The van der Waals surface area contributed by atoms with Crippen LogP contribution in [-0.4, -0.2) is 11.0 Å². The van der Waals surface area contributed by atoms with Gasteiger partial charge in [0.1, 0.15) is 6.61 Å². The fraction of sp³-hybridized carbons (Fsp3) is 0.211. The summed E-state index contributed by atoms with van der Waals surface area (Å²) < 4.78 is 0. The second kappa shape index (κ2) is 6.16. The van der Waals surface area contributed by atoms with Gasteiger partial charge in [-0.1, -0.05) is 60.2 Å². The zero-order valence-electron chi connectivity index (χ0n) is 12.8. The maximum absolute atomic E-state index is 12.3. The summed E-state index contributed by atoms with van der Waals surface area (Å²) in [5, 5.41) is 1.43. The highest BCUT2D eigenvalue weighted by molar-refractivity contribution is 5.94. The highest BCUT2D eigenvalue weighted by Crippen LogP contribution is 2.30. The number of carbonyl (C=O) groups excluding carboxylic acids is 1. The van der Waals surface area contributed by atoms with Crippen molar-refractivity contribution in [2.24, 2.45) is 5.92 Å². The quantitative estimate of drug-likeness (QED) is 0.854. The summed E-state index contributed by atoms with van der Waals surface area (Å²) >= 11 is 0. The molecule has 3 rings (SSSR count). The molecule has 0 aromatic heterocycles. The van der Waals surface area contributed by atoms with Crippen molar-refractivity contribution in [1.29, 1.82) is 0 Å². The third-order valence-electron chi connectivity index (χ3n) is 3.77. The van der Waals surface area contributed by atoms with Gasteiger partial charge in [-0.2, -0.15) is 5.06 Å². The summed E-state index contributed by atoms with van der Waals surface area (Å²) in [4.78, 5) is 18.1. The molecule has 0 saturated carbocycles. The van der Waals surface area contributed by atoms with Gasteiger partial charge in [-0.3, -0.25) is 9.63 Å². The van der Waals surface area contributed by atoms with E-state index >= 15 is 0 Å². The van der Waals surface area contributed by atoms with E-state index in [9.17, 15) is 4.79 Å². The highest BCUT2D eigenvalue weighted by atomic mass is 16.7. The summed E-state index contributed by atoms with van der Waals surface area (Å²) in [6.07, 6.45) is 1.96. The molecule has 0 saturated heterocycles. The maximum Gasteiger partial charge on any atom is 0.257 e. The number of benzene rings is 2. The summed E-state index contributed by atoms with van der Waals surface area (Å²) in [7, 11) is 0. The van der Waals surface area contributed by atoms with Crippen LogP contribution >= 0.6 is 0 Å². The largest absolute Gasteiger partial charge is 0.271 e. The first-order valence-corrected chi connectivity index (χ1v) is 7.45. The van der Waals surface area contributed by atoms with E-state index in [1.54, 1.807) is 0 Å². The van der Waals surface area contributed by atoms with Gasteiger partial charge in [-0.25, -0.2) is 0 Å². The van der Waals surface area contributed by atoms with Crippen LogP contribution in [0, 0.1) is 12.8 Å². The van der Waals surface area contributed by atoms with Crippen LogP contribution < -0.4 is 0 Å².